The van der Waals surface area contributed by atoms with Crippen molar-refractivity contribution in [2.75, 3.05) is 6.61 Å². The van der Waals surface area contributed by atoms with E-state index in [9.17, 15) is 0 Å². The minimum atomic E-state index is 0.0127. The van der Waals surface area contributed by atoms with Gasteiger partial charge in [-0.3, -0.25) is 0 Å². The van der Waals surface area contributed by atoms with Crippen molar-refractivity contribution in [3.8, 4) is 0 Å². The molecule has 0 aliphatic carbocycles. The molecule has 1 saturated heterocycles. The van der Waals surface area contributed by atoms with Crippen molar-refractivity contribution in [1.29, 1.82) is 0 Å². The van der Waals surface area contributed by atoms with Gasteiger partial charge in [-0.25, -0.2) is 0 Å². The fourth-order valence-electron chi connectivity index (χ4n) is 1.65. The number of allylic oxidation sites excluding steroid dienone is 1. The van der Waals surface area contributed by atoms with Crippen LogP contribution in [0, 0.1) is 0 Å². The predicted molar refractivity (Wildman–Crippen MR) is 43.0 cm³/mol. The van der Waals surface area contributed by atoms with Crippen LogP contribution in [0.25, 0.3) is 0 Å². The second-order valence-corrected chi connectivity index (χ2v) is 3.59. The van der Waals surface area contributed by atoms with Crippen molar-refractivity contribution in [3.63, 3.8) is 0 Å². The van der Waals surface area contributed by atoms with Crippen molar-refractivity contribution in [2.24, 2.45) is 0 Å². The van der Waals surface area contributed by atoms with Crippen LogP contribution in [0.1, 0.15) is 34.1 Å². The number of rotatable bonds is 0. The van der Waals surface area contributed by atoms with Gasteiger partial charge < -0.3 is 4.74 Å². The fraction of sp³-hybridized carbons (Fsp3) is 0.778. The van der Waals surface area contributed by atoms with Crippen LogP contribution in [0.4, 0.5) is 0 Å². The van der Waals surface area contributed by atoms with Crippen molar-refractivity contribution in [3.05, 3.63) is 11.1 Å². The summed E-state index contributed by atoms with van der Waals surface area (Å²) in [6.07, 6.45) is 1.12. The first-order valence-corrected chi connectivity index (χ1v) is 3.85. The van der Waals surface area contributed by atoms with Crippen LogP contribution < -0.4 is 0 Å². The Morgan fingerprint density at radius 3 is 2.20 bits per heavy atom. The molecule has 0 aromatic rings. The van der Waals surface area contributed by atoms with Gasteiger partial charge in [0.1, 0.15) is 0 Å². The Balaban J connectivity index is 2.89. The first-order chi connectivity index (χ1) is 4.54. The highest BCUT2D eigenvalue weighted by molar-refractivity contribution is 5.22. The molecule has 0 unspecified atom stereocenters. The second kappa shape index (κ2) is 2.39. The average Bonchev–Trinajstić information content (AvgIpc) is 2.08. The first-order valence-electron chi connectivity index (χ1n) is 3.85. The van der Waals surface area contributed by atoms with Gasteiger partial charge in [0.25, 0.3) is 0 Å². The van der Waals surface area contributed by atoms with Gasteiger partial charge in [-0.05, 0) is 39.7 Å². The van der Waals surface area contributed by atoms with Gasteiger partial charge in [0.15, 0.2) is 0 Å². The van der Waals surface area contributed by atoms with Crippen LogP contribution >= 0.6 is 0 Å². The first kappa shape index (κ1) is 7.80. The van der Waals surface area contributed by atoms with E-state index in [2.05, 4.69) is 27.7 Å². The summed E-state index contributed by atoms with van der Waals surface area (Å²) in [7, 11) is 0. The second-order valence-electron chi connectivity index (χ2n) is 3.59. The molecule has 0 saturated carbocycles. The summed E-state index contributed by atoms with van der Waals surface area (Å²) < 4.78 is 5.56. The van der Waals surface area contributed by atoms with E-state index in [0.29, 0.717) is 0 Å². The largest absolute Gasteiger partial charge is 0.371 e. The molecule has 1 fully saturated rings. The van der Waals surface area contributed by atoms with E-state index in [0.717, 1.165) is 13.0 Å². The summed E-state index contributed by atoms with van der Waals surface area (Å²) in [4.78, 5) is 0. The number of hydrogen-bond acceptors (Lipinski definition) is 1. The number of ether oxygens (including phenoxy) is 1. The summed E-state index contributed by atoms with van der Waals surface area (Å²) in [5.41, 5.74) is 2.91. The van der Waals surface area contributed by atoms with E-state index >= 15 is 0 Å². The lowest BCUT2D eigenvalue weighted by atomic mass is 9.94. The van der Waals surface area contributed by atoms with Crippen molar-refractivity contribution >= 4 is 0 Å². The van der Waals surface area contributed by atoms with Crippen LogP contribution in [0.2, 0.25) is 0 Å². The molecule has 1 aliphatic rings. The molecule has 0 spiro atoms. The van der Waals surface area contributed by atoms with Crippen LogP contribution in [0.5, 0.6) is 0 Å². The Bertz CT molecular complexity index is 162. The third kappa shape index (κ3) is 1.24. The Kier molecular flexibility index (Phi) is 1.86. The molecule has 0 N–H and O–H groups in total. The molecule has 1 rings (SSSR count). The van der Waals surface area contributed by atoms with Gasteiger partial charge in [-0.1, -0.05) is 5.57 Å². The van der Waals surface area contributed by atoms with Crippen LogP contribution in [0.15, 0.2) is 11.1 Å². The zero-order valence-corrected chi connectivity index (χ0v) is 7.32. The van der Waals surface area contributed by atoms with E-state index < -0.39 is 0 Å². The molecule has 0 atom stereocenters. The molecule has 0 amide bonds. The summed E-state index contributed by atoms with van der Waals surface area (Å²) in [6, 6.07) is 0. The Morgan fingerprint density at radius 1 is 1.40 bits per heavy atom. The highest BCUT2D eigenvalue weighted by atomic mass is 16.5. The zero-order valence-electron chi connectivity index (χ0n) is 7.32. The third-order valence-corrected chi connectivity index (χ3v) is 2.15. The van der Waals surface area contributed by atoms with Crippen LogP contribution in [0.3, 0.4) is 0 Å². The van der Waals surface area contributed by atoms with E-state index in [1.165, 1.54) is 11.1 Å². The molecule has 1 heterocycles. The standard InChI is InChI=1S/C9H16O/c1-7(2)8-5-6-10-9(8,3)4/h5-6H2,1-4H3. The minimum Gasteiger partial charge on any atom is -0.371 e. The summed E-state index contributed by atoms with van der Waals surface area (Å²) in [6.45, 7) is 9.50. The van der Waals surface area contributed by atoms with E-state index in [4.69, 9.17) is 4.74 Å². The highest BCUT2D eigenvalue weighted by Gasteiger charge is 2.29. The third-order valence-electron chi connectivity index (χ3n) is 2.15. The summed E-state index contributed by atoms with van der Waals surface area (Å²) in [5, 5.41) is 0. The summed E-state index contributed by atoms with van der Waals surface area (Å²) in [5.74, 6) is 0. The quantitative estimate of drug-likeness (QED) is 0.470. The topological polar surface area (TPSA) is 9.23 Å². The van der Waals surface area contributed by atoms with Gasteiger partial charge in [0, 0.05) is 0 Å². The monoisotopic (exact) mass is 140 g/mol. The molecule has 58 valence electrons. The van der Waals surface area contributed by atoms with E-state index in [-0.39, 0.29) is 5.60 Å². The molecule has 1 aliphatic heterocycles. The molecule has 10 heavy (non-hydrogen) atoms. The molecule has 0 bridgehead atoms. The minimum absolute atomic E-state index is 0.0127. The molecule has 0 radical (unpaired) electrons. The Morgan fingerprint density at radius 2 is 2.00 bits per heavy atom. The maximum atomic E-state index is 5.56. The van der Waals surface area contributed by atoms with Crippen molar-refractivity contribution < 1.29 is 4.74 Å². The van der Waals surface area contributed by atoms with Crippen molar-refractivity contribution in [1.82, 2.24) is 0 Å². The Hall–Kier alpha value is -0.300. The molecule has 0 aromatic heterocycles. The maximum Gasteiger partial charge on any atom is 0.0838 e. The van der Waals surface area contributed by atoms with Crippen LogP contribution in [-0.4, -0.2) is 12.2 Å². The molecule has 1 heteroatoms. The lowest BCUT2D eigenvalue weighted by Gasteiger charge is -2.20. The molecular formula is C9H16O. The molecular weight excluding hydrogens is 124 g/mol. The zero-order chi connectivity index (χ0) is 7.78. The van der Waals surface area contributed by atoms with Crippen LogP contribution in [-0.2, 0) is 4.74 Å². The van der Waals surface area contributed by atoms with Crippen molar-refractivity contribution in [2.45, 2.75) is 39.7 Å². The lowest BCUT2D eigenvalue weighted by molar-refractivity contribution is 0.0548. The van der Waals surface area contributed by atoms with Gasteiger partial charge in [0.2, 0.25) is 0 Å². The van der Waals surface area contributed by atoms with Gasteiger partial charge in [-0.2, -0.15) is 0 Å². The average molecular weight is 140 g/mol. The van der Waals surface area contributed by atoms with Gasteiger partial charge in [0.05, 0.1) is 12.2 Å². The van der Waals surface area contributed by atoms with E-state index in [1.807, 2.05) is 0 Å². The smallest absolute Gasteiger partial charge is 0.0838 e. The van der Waals surface area contributed by atoms with Gasteiger partial charge >= 0.3 is 0 Å². The molecule has 0 aromatic carbocycles. The number of hydrogen-bond donors (Lipinski definition) is 0. The lowest BCUT2D eigenvalue weighted by Crippen LogP contribution is -2.20. The predicted octanol–water partition coefficient (Wildman–Crippen LogP) is 2.52. The highest BCUT2D eigenvalue weighted by Crippen LogP contribution is 2.32. The normalized spacial score (nSPS) is 23.4. The SMILES string of the molecule is CC(C)=C1CCOC1(C)C. The van der Waals surface area contributed by atoms with E-state index in [1.54, 1.807) is 0 Å². The molecule has 1 nitrogen and oxygen atoms in total. The Labute approximate surface area is 63.1 Å². The summed E-state index contributed by atoms with van der Waals surface area (Å²) >= 11 is 0. The van der Waals surface area contributed by atoms with Gasteiger partial charge in [-0.15, -0.1) is 0 Å². The fourth-order valence-corrected chi connectivity index (χ4v) is 1.65. The maximum absolute atomic E-state index is 5.56.